The molecule has 0 aliphatic rings. The van der Waals surface area contributed by atoms with E-state index in [0.29, 0.717) is 31.6 Å². The van der Waals surface area contributed by atoms with Gasteiger partial charge in [-0.2, -0.15) is 0 Å². The first-order valence-corrected chi connectivity index (χ1v) is 41.3. The zero-order chi connectivity index (χ0) is 68.7. The fourth-order valence-electron chi connectivity index (χ4n) is 11.2. The Bertz CT molecular complexity index is 1820. The summed E-state index contributed by atoms with van der Waals surface area (Å²) in [6, 6.07) is 0. The molecular formula is C74H144O17P2. The van der Waals surface area contributed by atoms with Gasteiger partial charge in [-0.15, -0.1) is 0 Å². The molecular weight excluding hydrogens is 1220 g/mol. The number of phosphoric ester groups is 2. The van der Waals surface area contributed by atoms with Crippen molar-refractivity contribution in [1.29, 1.82) is 0 Å². The summed E-state index contributed by atoms with van der Waals surface area (Å²) in [6.45, 7) is 11.8. The van der Waals surface area contributed by atoms with Crippen LogP contribution in [-0.4, -0.2) is 96.7 Å². The minimum absolute atomic E-state index is 0.105. The van der Waals surface area contributed by atoms with E-state index in [9.17, 15) is 43.2 Å². The fourth-order valence-corrected chi connectivity index (χ4v) is 12.8. The molecule has 0 fully saturated rings. The molecule has 0 aromatic heterocycles. The van der Waals surface area contributed by atoms with Crippen molar-refractivity contribution in [3.63, 3.8) is 0 Å². The maximum atomic E-state index is 13.1. The average molecular weight is 1370 g/mol. The van der Waals surface area contributed by atoms with Crippen molar-refractivity contribution >= 4 is 39.5 Å². The van der Waals surface area contributed by atoms with Crippen LogP contribution >= 0.6 is 15.6 Å². The molecule has 17 nitrogen and oxygen atoms in total. The molecule has 0 heterocycles. The Morgan fingerprint density at radius 3 is 0.731 bits per heavy atom. The predicted octanol–water partition coefficient (Wildman–Crippen LogP) is 21.4. The highest BCUT2D eigenvalue weighted by molar-refractivity contribution is 7.47. The van der Waals surface area contributed by atoms with Crippen LogP contribution < -0.4 is 0 Å². The summed E-state index contributed by atoms with van der Waals surface area (Å²) in [5.41, 5.74) is 0. The van der Waals surface area contributed by atoms with Gasteiger partial charge in [0, 0.05) is 25.7 Å². The third-order valence-electron chi connectivity index (χ3n) is 17.1. The Morgan fingerprint density at radius 1 is 0.290 bits per heavy atom. The number of phosphoric acid groups is 2. The second kappa shape index (κ2) is 64.7. The van der Waals surface area contributed by atoms with E-state index in [1.807, 2.05) is 0 Å². The molecule has 0 aromatic carbocycles. The number of unbranched alkanes of at least 4 members (excludes halogenated alkanes) is 40. The van der Waals surface area contributed by atoms with Crippen LogP contribution in [0.25, 0.3) is 0 Å². The Hall–Kier alpha value is -1.94. The van der Waals surface area contributed by atoms with Crippen LogP contribution in [-0.2, 0) is 65.4 Å². The van der Waals surface area contributed by atoms with Gasteiger partial charge in [-0.05, 0) is 43.4 Å². The van der Waals surface area contributed by atoms with Crippen LogP contribution in [0.15, 0.2) is 0 Å². The van der Waals surface area contributed by atoms with Crippen LogP contribution in [0, 0.1) is 17.8 Å². The molecule has 0 bridgehead atoms. The van der Waals surface area contributed by atoms with E-state index in [1.54, 1.807) is 0 Å². The van der Waals surface area contributed by atoms with E-state index in [0.717, 1.165) is 108 Å². The van der Waals surface area contributed by atoms with Crippen molar-refractivity contribution in [2.24, 2.45) is 17.8 Å². The Kier molecular flexibility index (Phi) is 63.4. The standard InChI is InChI=1S/C74H144O17P2/c1-8-9-10-11-12-13-14-15-16-17-23-28-33-41-48-55-71(76)84-61-69(90-73(78)57-50-43-34-29-24-19-18-21-26-31-38-45-52-65(2)3)63-88-92(80,81)86-59-68(75)60-87-93(82,83)89-64-70(62-85-72(77)56-49-42-37-36-40-47-54-67(6)7)91-74(79)58-51-44-35-30-25-20-22-27-32-39-46-53-66(4)5/h65-70,75H,8-64H2,1-7H3,(H,80,81)(H,82,83)/t68-,69-,70-/m1/s1. The van der Waals surface area contributed by atoms with E-state index < -0.39 is 97.5 Å². The maximum absolute atomic E-state index is 13.1. The number of aliphatic hydroxyl groups excluding tert-OH is 1. The van der Waals surface area contributed by atoms with Gasteiger partial charge in [-0.3, -0.25) is 37.3 Å². The van der Waals surface area contributed by atoms with Gasteiger partial charge in [0.1, 0.15) is 19.3 Å². The number of hydrogen-bond donors (Lipinski definition) is 3. The largest absolute Gasteiger partial charge is 0.472 e. The molecule has 0 saturated heterocycles. The van der Waals surface area contributed by atoms with Crippen molar-refractivity contribution in [2.75, 3.05) is 39.6 Å². The van der Waals surface area contributed by atoms with Crippen molar-refractivity contribution in [1.82, 2.24) is 0 Å². The molecule has 0 saturated carbocycles. The second-order valence-corrected chi connectivity index (χ2v) is 31.0. The SMILES string of the molecule is CCCCCCCCCCCCCCCCCC(=O)OC[C@H](COP(=O)(O)OC[C@@H](O)COP(=O)(O)OC[C@@H](COC(=O)CCCCCCCCC(C)C)OC(=O)CCCCCCCCCCCCCC(C)C)OC(=O)CCCCCCCCCCCCCCC(C)C. The van der Waals surface area contributed by atoms with Crippen molar-refractivity contribution in [2.45, 2.75) is 394 Å². The lowest BCUT2D eigenvalue weighted by molar-refractivity contribution is -0.161. The maximum Gasteiger partial charge on any atom is 0.472 e. The molecule has 0 aliphatic heterocycles. The highest BCUT2D eigenvalue weighted by Gasteiger charge is 2.30. The Morgan fingerprint density at radius 2 is 0.495 bits per heavy atom. The first-order chi connectivity index (χ1) is 44.7. The highest BCUT2D eigenvalue weighted by Crippen LogP contribution is 2.45. The van der Waals surface area contributed by atoms with Gasteiger partial charge in [0.05, 0.1) is 26.4 Å². The summed E-state index contributed by atoms with van der Waals surface area (Å²) >= 11 is 0. The van der Waals surface area contributed by atoms with Crippen molar-refractivity contribution in [3.8, 4) is 0 Å². The predicted molar refractivity (Wildman–Crippen MR) is 377 cm³/mol. The van der Waals surface area contributed by atoms with E-state index in [-0.39, 0.29) is 25.7 Å². The van der Waals surface area contributed by atoms with Crippen LogP contribution in [0.5, 0.6) is 0 Å². The lowest BCUT2D eigenvalue weighted by Crippen LogP contribution is -2.30. The number of hydrogen-bond acceptors (Lipinski definition) is 15. The summed E-state index contributed by atoms with van der Waals surface area (Å²) in [5.74, 6) is 0.1000. The molecule has 3 N–H and O–H groups in total. The van der Waals surface area contributed by atoms with Crippen molar-refractivity contribution in [3.05, 3.63) is 0 Å². The zero-order valence-electron chi connectivity index (χ0n) is 60.7. The van der Waals surface area contributed by atoms with Crippen LogP contribution in [0.4, 0.5) is 0 Å². The molecule has 2 unspecified atom stereocenters. The lowest BCUT2D eigenvalue weighted by atomic mass is 10.0. The third-order valence-corrected chi connectivity index (χ3v) is 19.0. The van der Waals surface area contributed by atoms with Gasteiger partial charge in [-0.1, -0.05) is 325 Å². The molecule has 0 amide bonds. The summed E-state index contributed by atoms with van der Waals surface area (Å²) in [7, 11) is -9.91. The third kappa shape index (κ3) is 68.4. The highest BCUT2D eigenvalue weighted by atomic mass is 31.2. The topological polar surface area (TPSA) is 237 Å². The minimum Gasteiger partial charge on any atom is -0.462 e. The number of carbonyl (C=O) groups is 4. The quantitative estimate of drug-likeness (QED) is 0.0222. The Balaban J connectivity index is 5.24. The number of carbonyl (C=O) groups excluding carboxylic acids is 4. The summed E-state index contributed by atoms with van der Waals surface area (Å²) in [6.07, 6.45) is 50.0. The summed E-state index contributed by atoms with van der Waals surface area (Å²) < 4.78 is 68.4. The van der Waals surface area contributed by atoms with E-state index in [2.05, 4.69) is 48.5 Å². The normalized spacial score (nSPS) is 14.1. The molecule has 0 spiro atoms. The van der Waals surface area contributed by atoms with Gasteiger partial charge in [0.25, 0.3) is 0 Å². The number of rotatable bonds is 72. The number of esters is 4. The van der Waals surface area contributed by atoms with Crippen LogP contribution in [0.2, 0.25) is 0 Å². The number of aliphatic hydroxyl groups is 1. The number of ether oxygens (including phenoxy) is 4. The summed E-state index contributed by atoms with van der Waals surface area (Å²) in [4.78, 5) is 72.7. The molecule has 19 heteroatoms. The van der Waals surface area contributed by atoms with E-state index >= 15 is 0 Å². The van der Waals surface area contributed by atoms with Gasteiger partial charge >= 0.3 is 39.5 Å². The molecule has 0 aliphatic carbocycles. The lowest BCUT2D eigenvalue weighted by Gasteiger charge is -2.21. The monoisotopic (exact) mass is 1370 g/mol. The van der Waals surface area contributed by atoms with Gasteiger partial charge in [0.2, 0.25) is 0 Å². The van der Waals surface area contributed by atoms with E-state index in [4.69, 9.17) is 37.0 Å². The Labute approximate surface area is 568 Å². The zero-order valence-corrected chi connectivity index (χ0v) is 62.5. The summed E-state index contributed by atoms with van der Waals surface area (Å²) in [5, 5.41) is 10.6. The van der Waals surface area contributed by atoms with E-state index in [1.165, 1.54) is 180 Å². The molecule has 93 heavy (non-hydrogen) atoms. The first-order valence-electron chi connectivity index (χ1n) is 38.3. The molecule has 552 valence electrons. The van der Waals surface area contributed by atoms with Crippen molar-refractivity contribution < 1.29 is 80.2 Å². The second-order valence-electron chi connectivity index (χ2n) is 28.1. The molecule has 0 rings (SSSR count). The molecule has 0 aromatic rings. The van der Waals surface area contributed by atoms with Gasteiger partial charge in [-0.25, -0.2) is 9.13 Å². The van der Waals surface area contributed by atoms with Crippen LogP contribution in [0.1, 0.15) is 376 Å². The minimum atomic E-state index is -4.96. The van der Waals surface area contributed by atoms with Gasteiger partial charge < -0.3 is 33.8 Å². The van der Waals surface area contributed by atoms with Crippen LogP contribution in [0.3, 0.4) is 0 Å². The van der Waals surface area contributed by atoms with Gasteiger partial charge in [0.15, 0.2) is 12.2 Å². The average Bonchev–Trinajstić information content (AvgIpc) is 1.81. The molecule has 5 atom stereocenters. The smallest absolute Gasteiger partial charge is 0.462 e. The molecule has 0 radical (unpaired) electrons. The first kappa shape index (κ1) is 91.1. The fraction of sp³-hybridized carbons (Fsp3) is 0.946.